The zero-order valence-electron chi connectivity index (χ0n) is 8.65. The largest absolute Gasteiger partial charge is 0.351 e. The van der Waals surface area contributed by atoms with Crippen LogP contribution in [-0.2, 0) is 0 Å². The molecule has 2 amide bonds. The van der Waals surface area contributed by atoms with Crippen molar-refractivity contribution in [3.63, 3.8) is 0 Å². The van der Waals surface area contributed by atoms with Crippen molar-refractivity contribution in [2.24, 2.45) is 0 Å². The lowest BCUT2D eigenvalue weighted by molar-refractivity contribution is 0.0711. The maximum Gasteiger partial charge on any atom is 0.284 e. The van der Waals surface area contributed by atoms with E-state index in [-0.39, 0.29) is 5.91 Å². The molecule has 0 unspecified atom stereocenters. The molecule has 1 aromatic rings. The van der Waals surface area contributed by atoms with Gasteiger partial charge in [0.05, 0.1) is 9.75 Å². The molecule has 7 heteroatoms. The molecule has 0 saturated heterocycles. The lowest BCUT2D eigenvalue weighted by Crippen LogP contribution is -2.24. The molecule has 0 aromatic carbocycles. The number of hydrogen-bond donors (Lipinski definition) is 3. The van der Waals surface area contributed by atoms with E-state index in [0.29, 0.717) is 16.3 Å². The van der Waals surface area contributed by atoms with Gasteiger partial charge in [0.1, 0.15) is 0 Å². The second-order valence-electron chi connectivity index (χ2n) is 2.85. The van der Waals surface area contributed by atoms with Crippen molar-refractivity contribution in [1.29, 1.82) is 0 Å². The van der Waals surface area contributed by atoms with Crippen LogP contribution < -0.4 is 10.8 Å². The lowest BCUT2D eigenvalue weighted by Gasteiger charge is -2.00. The van der Waals surface area contributed by atoms with E-state index in [2.05, 4.69) is 5.32 Å². The third-order valence-electron chi connectivity index (χ3n) is 1.75. The predicted octanol–water partition coefficient (Wildman–Crippen LogP) is 0.960. The predicted molar refractivity (Wildman–Crippen MR) is 64.3 cm³/mol. The summed E-state index contributed by atoms with van der Waals surface area (Å²) in [6.07, 6.45) is 1.96. The van der Waals surface area contributed by atoms with E-state index in [1.165, 1.54) is 11.5 Å². The molecule has 1 aromatic heterocycles. The highest BCUT2D eigenvalue weighted by Gasteiger charge is 2.12. The Hall–Kier alpha value is -1.05. The Morgan fingerprint density at radius 3 is 2.56 bits per heavy atom. The van der Waals surface area contributed by atoms with Crippen molar-refractivity contribution < 1.29 is 14.8 Å². The Bertz CT molecular complexity index is 379. The van der Waals surface area contributed by atoms with Gasteiger partial charge in [-0.3, -0.25) is 14.8 Å². The molecule has 0 fully saturated rings. The number of amides is 2. The number of carbonyl (C=O) groups is 2. The lowest BCUT2D eigenvalue weighted by atomic mass is 10.4. The van der Waals surface area contributed by atoms with Crippen LogP contribution in [-0.4, -0.2) is 35.6 Å². The van der Waals surface area contributed by atoms with Crippen molar-refractivity contribution >= 4 is 34.9 Å². The van der Waals surface area contributed by atoms with Crippen LogP contribution in [0.25, 0.3) is 0 Å². The van der Waals surface area contributed by atoms with Gasteiger partial charge < -0.3 is 5.32 Å². The van der Waals surface area contributed by atoms with Gasteiger partial charge in [-0.25, -0.2) is 5.48 Å². The first-order valence-electron chi connectivity index (χ1n) is 4.50. The molecule has 1 rings (SSSR count). The Kier molecular flexibility index (Phi) is 5.30. The molecule has 0 spiro atoms. The fraction of sp³-hybridized carbons (Fsp3) is 0.333. The van der Waals surface area contributed by atoms with E-state index < -0.39 is 5.91 Å². The summed E-state index contributed by atoms with van der Waals surface area (Å²) in [6.45, 7) is 0.597. The maximum absolute atomic E-state index is 11.5. The summed E-state index contributed by atoms with van der Waals surface area (Å²) in [5.41, 5.74) is 1.52. The first kappa shape index (κ1) is 13.0. The van der Waals surface area contributed by atoms with Gasteiger partial charge in [-0.2, -0.15) is 11.8 Å². The first-order chi connectivity index (χ1) is 7.69. The Balaban J connectivity index is 2.56. The summed E-state index contributed by atoms with van der Waals surface area (Å²) in [4.78, 5) is 23.3. The fourth-order valence-electron chi connectivity index (χ4n) is 0.991. The van der Waals surface area contributed by atoms with Crippen LogP contribution in [0, 0.1) is 0 Å². The zero-order chi connectivity index (χ0) is 12.0. The number of thioether (sulfide) groups is 1. The molecular formula is C9H12N2O3S2. The molecule has 88 valence electrons. The van der Waals surface area contributed by atoms with Crippen LogP contribution in [0.2, 0.25) is 0 Å². The van der Waals surface area contributed by atoms with Gasteiger partial charge in [-0.1, -0.05) is 0 Å². The number of thiophene rings is 1. The molecule has 0 bridgehead atoms. The smallest absolute Gasteiger partial charge is 0.284 e. The van der Waals surface area contributed by atoms with Crippen molar-refractivity contribution in [2.45, 2.75) is 0 Å². The average Bonchev–Trinajstić information content (AvgIpc) is 2.77. The van der Waals surface area contributed by atoms with Gasteiger partial charge in [0.15, 0.2) is 0 Å². The third-order valence-corrected chi connectivity index (χ3v) is 3.44. The summed E-state index contributed by atoms with van der Waals surface area (Å²) >= 11 is 2.68. The minimum absolute atomic E-state index is 0.198. The van der Waals surface area contributed by atoms with Gasteiger partial charge >= 0.3 is 0 Å². The molecule has 0 aliphatic rings. The summed E-state index contributed by atoms with van der Waals surface area (Å²) in [6, 6.07) is 3.06. The normalized spacial score (nSPS) is 9.88. The van der Waals surface area contributed by atoms with Crippen LogP contribution >= 0.6 is 23.1 Å². The molecule has 1 heterocycles. The minimum Gasteiger partial charge on any atom is -0.351 e. The van der Waals surface area contributed by atoms with Gasteiger partial charge in [-0.15, -0.1) is 11.3 Å². The third kappa shape index (κ3) is 3.51. The summed E-state index contributed by atoms with van der Waals surface area (Å²) in [5, 5.41) is 11.1. The first-order valence-corrected chi connectivity index (χ1v) is 6.71. The molecule has 0 saturated carbocycles. The van der Waals surface area contributed by atoms with Crippen LogP contribution in [0.1, 0.15) is 19.3 Å². The van der Waals surface area contributed by atoms with Crippen LogP contribution in [0.5, 0.6) is 0 Å². The van der Waals surface area contributed by atoms with Crippen molar-refractivity contribution in [3.8, 4) is 0 Å². The molecule has 0 radical (unpaired) electrons. The van der Waals surface area contributed by atoms with E-state index in [1.807, 2.05) is 6.26 Å². The Morgan fingerprint density at radius 2 is 2.00 bits per heavy atom. The summed E-state index contributed by atoms with van der Waals surface area (Å²) in [7, 11) is 0. The second-order valence-corrected chi connectivity index (χ2v) is 4.92. The molecule has 0 aliphatic heterocycles. The van der Waals surface area contributed by atoms with Crippen LogP contribution in [0.3, 0.4) is 0 Å². The van der Waals surface area contributed by atoms with Crippen molar-refractivity contribution in [1.82, 2.24) is 10.8 Å². The zero-order valence-corrected chi connectivity index (χ0v) is 10.3. The molecule has 5 nitrogen and oxygen atoms in total. The van der Waals surface area contributed by atoms with Gasteiger partial charge in [0.25, 0.3) is 11.8 Å². The number of carbonyl (C=O) groups excluding carboxylic acids is 2. The number of rotatable bonds is 5. The standard InChI is InChI=1S/C9H12N2O3S2/c1-15-5-4-10-8(12)6-2-3-7(16-6)9(13)11-14/h2-3,14H,4-5H2,1H3,(H,10,12)(H,11,13). The molecular weight excluding hydrogens is 248 g/mol. The Labute approximate surface area is 101 Å². The van der Waals surface area contributed by atoms with Crippen molar-refractivity contribution in [2.75, 3.05) is 18.6 Å². The van der Waals surface area contributed by atoms with E-state index in [9.17, 15) is 9.59 Å². The number of hydroxylamine groups is 1. The van der Waals surface area contributed by atoms with Crippen molar-refractivity contribution in [3.05, 3.63) is 21.9 Å². The quantitative estimate of drug-likeness (QED) is 0.418. The Morgan fingerprint density at radius 1 is 1.38 bits per heavy atom. The molecule has 0 aliphatic carbocycles. The SMILES string of the molecule is CSCCNC(=O)c1ccc(C(=O)NO)s1. The average molecular weight is 260 g/mol. The molecule has 3 N–H and O–H groups in total. The summed E-state index contributed by atoms with van der Waals surface area (Å²) < 4.78 is 0. The number of hydrogen-bond acceptors (Lipinski definition) is 5. The highest BCUT2D eigenvalue weighted by Crippen LogP contribution is 2.15. The minimum atomic E-state index is -0.604. The highest BCUT2D eigenvalue weighted by atomic mass is 32.2. The van der Waals surface area contributed by atoms with E-state index in [1.54, 1.807) is 17.8 Å². The monoisotopic (exact) mass is 260 g/mol. The molecule has 0 atom stereocenters. The van der Waals surface area contributed by atoms with Gasteiger partial charge in [0.2, 0.25) is 0 Å². The summed E-state index contributed by atoms with van der Waals surface area (Å²) in [5.74, 6) is 0.0466. The topological polar surface area (TPSA) is 78.4 Å². The maximum atomic E-state index is 11.5. The van der Waals surface area contributed by atoms with Gasteiger partial charge in [0, 0.05) is 12.3 Å². The van der Waals surface area contributed by atoms with E-state index >= 15 is 0 Å². The fourth-order valence-corrected chi connectivity index (χ4v) is 2.11. The van der Waals surface area contributed by atoms with Crippen LogP contribution in [0.15, 0.2) is 12.1 Å². The van der Waals surface area contributed by atoms with Gasteiger partial charge in [-0.05, 0) is 18.4 Å². The molecule has 16 heavy (non-hydrogen) atoms. The highest BCUT2D eigenvalue weighted by molar-refractivity contribution is 7.98. The van der Waals surface area contributed by atoms with Crippen LogP contribution in [0.4, 0.5) is 0 Å². The van der Waals surface area contributed by atoms with E-state index in [0.717, 1.165) is 17.1 Å². The second kappa shape index (κ2) is 6.51. The number of nitrogens with one attached hydrogen (secondary N) is 2. The van der Waals surface area contributed by atoms with E-state index in [4.69, 9.17) is 5.21 Å².